The predicted octanol–water partition coefficient (Wildman–Crippen LogP) is 9.50. The second kappa shape index (κ2) is 13.9. The number of phenolic OH excluding ortho intramolecular Hbond substituents is 2. The molecule has 0 aromatic heterocycles. The van der Waals surface area contributed by atoms with Crippen molar-refractivity contribution in [1.29, 1.82) is 0 Å². The molecule has 0 unspecified atom stereocenters. The normalized spacial score (nSPS) is 11.0. The van der Waals surface area contributed by atoms with Crippen molar-refractivity contribution in [2.24, 2.45) is 0 Å². The van der Waals surface area contributed by atoms with Crippen molar-refractivity contribution in [2.75, 3.05) is 13.2 Å². The average molecular weight is 579 g/mol. The summed E-state index contributed by atoms with van der Waals surface area (Å²) in [6.07, 6.45) is 0. The van der Waals surface area contributed by atoms with Gasteiger partial charge in [-0.25, -0.2) is 0 Å². The standard InChI is InChI=1S/C40H34O4/c41-39-35(29-13-3-1-4-14-29)21-11-23-37(39)33-19-9-7-17-31(33)27-43-25-26-44-28-32-18-8-10-20-34(32)38-24-12-22-36(40(38)42)30-15-5-2-6-16-30/h1-24,41-42H,25-28H2. The Kier molecular flexibility index (Phi) is 9.12. The van der Waals surface area contributed by atoms with Crippen molar-refractivity contribution in [3.05, 3.63) is 157 Å². The Labute approximate surface area is 258 Å². The Bertz CT molecular complexity index is 1690. The number of hydrogen-bond donors (Lipinski definition) is 2. The van der Waals surface area contributed by atoms with Crippen LogP contribution in [0.25, 0.3) is 44.5 Å². The number of phenols is 2. The van der Waals surface area contributed by atoms with Crippen molar-refractivity contribution in [2.45, 2.75) is 13.2 Å². The van der Waals surface area contributed by atoms with E-state index in [2.05, 4.69) is 0 Å². The number of aromatic hydroxyl groups is 2. The summed E-state index contributed by atoms with van der Waals surface area (Å²) in [5.41, 5.74) is 8.96. The number of hydrogen-bond acceptors (Lipinski definition) is 4. The van der Waals surface area contributed by atoms with Gasteiger partial charge in [0.2, 0.25) is 0 Å². The maximum Gasteiger partial charge on any atom is 0.131 e. The molecule has 218 valence electrons. The Hall–Kier alpha value is -5.16. The molecule has 0 aliphatic heterocycles. The zero-order chi connectivity index (χ0) is 30.1. The first-order chi connectivity index (χ1) is 21.7. The highest BCUT2D eigenvalue weighted by Crippen LogP contribution is 2.40. The van der Waals surface area contributed by atoms with Crippen molar-refractivity contribution in [3.63, 3.8) is 0 Å². The molecule has 2 N–H and O–H groups in total. The van der Waals surface area contributed by atoms with Crippen LogP contribution < -0.4 is 0 Å². The SMILES string of the molecule is Oc1c(-c2ccccc2)cccc1-c1ccccc1COCCOCc1ccccc1-c1cccc(-c2ccccc2)c1O. The lowest BCUT2D eigenvalue weighted by molar-refractivity contribution is 0.0341. The van der Waals surface area contributed by atoms with E-state index in [9.17, 15) is 10.2 Å². The summed E-state index contributed by atoms with van der Waals surface area (Å²) in [4.78, 5) is 0. The summed E-state index contributed by atoms with van der Waals surface area (Å²) in [6.45, 7) is 1.62. The van der Waals surface area contributed by atoms with E-state index < -0.39 is 0 Å². The van der Waals surface area contributed by atoms with Crippen LogP contribution in [0.4, 0.5) is 0 Å². The van der Waals surface area contributed by atoms with Gasteiger partial charge in [0.1, 0.15) is 11.5 Å². The molecule has 4 heteroatoms. The minimum absolute atomic E-state index is 0.258. The van der Waals surface area contributed by atoms with Gasteiger partial charge in [-0.3, -0.25) is 0 Å². The van der Waals surface area contributed by atoms with Crippen molar-refractivity contribution >= 4 is 0 Å². The van der Waals surface area contributed by atoms with Crippen molar-refractivity contribution in [1.82, 2.24) is 0 Å². The molecule has 0 amide bonds. The van der Waals surface area contributed by atoms with Gasteiger partial charge in [-0.1, -0.05) is 146 Å². The molecule has 0 radical (unpaired) electrons. The molecule has 0 fully saturated rings. The molecule has 6 aromatic carbocycles. The van der Waals surface area contributed by atoms with E-state index in [0.29, 0.717) is 26.4 Å². The first kappa shape index (κ1) is 28.9. The van der Waals surface area contributed by atoms with E-state index in [1.54, 1.807) is 0 Å². The number of benzene rings is 6. The summed E-state index contributed by atoms with van der Waals surface area (Å²) < 4.78 is 12.1. The van der Waals surface area contributed by atoms with Gasteiger partial charge in [-0.05, 0) is 33.4 Å². The zero-order valence-electron chi connectivity index (χ0n) is 24.4. The van der Waals surface area contributed by atoms with Crippen LogP contribution in [-0.2, 0) is 22.7 Å². The maximum absolute atomic E-state index is 11.2. The van der Waals surface area contributed by atoms with Gasteiger partial charge in [-0.15, -0.1) is 0 Å². The minimum Gasteiger partial charge on any atom is -0.507 e. The van der Waals surface area contributed by atoms with Crippen molar-refractivity contribution < 1.29 is 19.7 Å². The molecule has 0 saturated carbocycles. The quantitative estimate of drug-likeness (QED) is 0.150. The van der Waals surface area contributed by atoms with Crippen LogP contribution in [0.5, 0.6) is 11.5 Å². The van der Waals surface area contributed by atoms with Gasteiger partial charge < -0.3 is 19.7 Å². The van der Waals surface area contributed by atoms with E-state index in [-0.39, 0.29) is 11.5 Å². The molecule has 6 aromatic rings. The van der Waals surface area contributed by atoms with Gasteiger partial charge in [0.25, 0.3) is 0 Å². The fourth-order valence-corrected chi connectivity index (χ4v) is 5.52. The Morgan fingerprint density at radius 3 is 1.11 bits per heavy atom. The molecule has 44 heavy (non-hydrogen) atoms. The molecule has 4 nitrogen and oxygen atoms in total. The van der Waals surface area contributed by atoms with Gasteiger partial charge in [0, 0.05) is 22.3 Å². The molecule has 0 heterocycles. The molecule has 0 bridgehead atoms. The lowest BCUT2D eigenvalue weighted by Crippen LogP contribution is -2.05. The van der Waals surface area contributed by atoms with Crippen LogP contribution in [0.15, 0.2) is 146 Å². The third kappa shape index (κ3) is 6.42. The molecular weight excluding hydrogens is 544 g/mol. The molecule has 6 rings (SSSR count). The van der Waals surface area contributed by atoms with E-state index in [1.807, 2.05) is 146 Å². The average Bonchev–Trinajstić information content (AvgIpc) is 3.08. The molecular formula is C40H34O4. The van der Waals surface area contributed by atoms with Crippen LogP contribution in [0.1, 0.15) is 11.1 Å². The first-order valence-electron chi connectivity index (χ1n) is 14.8. The van der Waals surface area contributed by atoms with E-state index in [1.165, 1.54) is 0 Å². The van der Waals surface area contributed by atoms with Crippen molar-refractivity contribution in [3.8, 4) is 56.0 Å². The summed E-state index contributed by atoms with van der Waals surface area (Å²) in [5.74, 6) is 0.516. The third-order valence-corrected chi connectivity index (χ3v) is 7.74. The van der Waals surface area contributed by atoms with Crippen LogP contribution in [0.3, 0.4) is 0 Å². The largest absolute Gasteiger partial charge is 0.507 e. The van der Waals surface area contributed by atoms with Crippen LogP contribution in [0.2, 0.25) is 0 Å². The van der Waals surface area contributed by atoms with Crippen LogP contribution in [0, 0.1) is 0 Å². The summed E-state index contributed by atoms with van der Waals surface area (Å²) in [7, 11) is 0. The summed E-state index contributed by atoms with van der Waals surface area (Å²) in [5, 5.41) is 22.4. The highest BCUT2D eigenvalue weighted by atomic mass is 16.5. The highest BCUT2D eigenvalue weighted by molar-refractivity contribution is 5.84. The Morgan fingerprint density at radius 2 is 0.682 bits per heavy atom. The monoisotopic (exact) mass is 578 g/mol. The van der Waals surface area contributed by atoms with E-state index >= 15 is 0 Å². The second-order valence-electron chi connectivity index (χ2n) is 10.6. The Morgan fingerprint density at radius 1 is 0.341 bits per heavy atom. The topological polar surface area (TPSA) is 58.9 Å². The first-order valence-corrected chi connectivity index (χ1v) is 14.8. The third-order valence-electron chi connectivity index (χ3n) is 7.74. The van der Waals surface area contributed by atoms with Gasteiger partial charge >= 0.3 is 0 Å². The highest BCUT2D eigenvalue weighted by Gasteiger charge is 2.15. The fourth-order valence-electron chi connectivity index (χ4n) is 5.52. The zero-order valence-corrected chi connectivity index (χ0v) is 24.4. The van der Waals surface area contributed by atoms with E-state index in [0.717, 1.165) is 55.6 Å². The summed E-state index contributed by atoms with van der Waals surface area (Å²) >= 11 is 0. The Balaban J connectivity index is 1.09. The van der Waals surface area contributed by atoms with Gasteiger partial charge in [0.15, 0.2) is 0 Å². The summed E-state index contributed by atoms with van der Waals surface area (Å²) in [6, 6.07) is 47.5. The molecule has 0 spiro atoms. The lowest BCUT2D eigenvalue weighted by atomic mass is 9.94. The molecule has 0 aliphatic rings. The number of rotatable bonds is 11. The smallest absolute Gasteiger partial charge is 0.131 e. The van der Waals surface area contributed by atoms with E-state index in [4.69, 9.17) is 9.47 Å². The minimum atomic E-state index is 0.258. The lowest BCUT2D eigenvalue weighted by Gasteiger charge is -2.15. The molecule has 0 atom stereocenters. The van der Waals surface area contributed by atoms with Gasteiger partial charge in [0.05, 0.1) is 26.4 Å². The van der Waals surface area contributed by atoms with Crippen LogP contribution >= 0.6 is 0 Å². The molecule has 0 saturated heterocycles. The predicted molar refractivity (Wildman–Crippen MR) is 177 cm³/mol. The second-order valence-corrected chi connectivity index (χ2v) is 10.6. The van der Waals surface area contributed by atoms with Crippen LogP contribution in [-0.4, -0.2) is 23.4 Å². The number of ether oxygens (including phenoxy) is 2. The fraction of sp³-hybridized carbons (Fsp3) is 0.100. The number of para-hydroxylation sites is 2. The molecule has 0 aliphatic carbocycles. The maximum atomic E-state index is 11.2. The van der Waals surface area contributed by atoms with Gasteiger partial charge in [-0.2, -0.15) is 0 Å².